The Morgan fingerprint density at radius 3 is 2.56 bits per heavy atom. The normalized spacial score (nSPS) is 44.1. The van der Waals surface area contributed by atoms with Gasteiger partial charge in [0, 0.05) is 13.5 Å². The summed E-state index contributed by atoms with van der Waals surface area (Å²) in [6.07, 6.45) is 7.16. The summed E-state index contributed by atoms with van der Waals surface area (Å²) >= 11 is 0. The van der Waals surface area contributed by atoms with Crippen LogP contribution < -0.4 is 0 Å². The van der Waals surface area contributed by atoms with Gasteiger partial charge in [0.15, 0.2) is 0 Å². The van der Waals surface area contributed by atoms with Crippen molar-refractivity contribution in [1.29, 1.82) is 0 Å². The summed E-state index contributed by atoms with van der Waals surface area (Å²) in [5.41, 5.74) is 0. The van der Waals surface area contributed by atoms with Crippen LogP contribution in [0.15, 0.2) is 0 Å². The van der Waals surface area contributed by atoms with Crippen molar-refractivity contribution in [2.75, 3.05) is 7.11 Å². The maximum Gasteiger partial charge on any atom is 0.109 e. The first kappa shape index (κ1) is 12.3. The molecule has 0 heterocycles. The Hall–Kier alpha value is -0.120. The number of hydrogen-bond donors (Lipinski definition) is 1. The predicted molar refractivity (Wildman–Crippen MR) is 62.3 cm³/mol. The van der Waals surface area contributed by atoms with Crippen LogP contribution in [0, 0.1) is 5.92 Å². The van der Waals surface area contributed by atoms with Crippen molar-refractivity contribution >= 4 is 0 Å². The standard InChI is InChI=1S/C13H24O3/c1-3-9-6-4-5-7-11(9)16-12-8-10(14)13(12)15-2/h9-14H,3-8H2,1-2H3. The van der Waals surface area contributed by atoms with Crippen molar-refractivity contribution < 1.29 is 14.6 Å². The van der Waals surface area contributed by atoms with Gasteiger partial charge in [-0.05, 0) is 18.8 Å². The number of hydrogen-bond acceptors (Lipinski definition) is 3. The molecule has 0 aliphatic heterocycles. The molecule has 2 rings (SSSR count). The quantitative estimate of drug-likeness (QED) is 0.801. The van der Waals surface area contributed by atoms with Crippen molar-refractivity contribution in [2.45, 2.75) is 69.9 Å². The highest BCUT2D eigenvalue weighted by Gasteiger charge is 2.43. The molecule has 0 aromatic heterocycles. The van der Waals surface area contributed by atoms with Gasteiger partial charge in [0.2, 0.25) is 0 Å². The van der Waals surface area contributed by atoms with E-state index in [1.807, 2.05) is 0 Å². The summed E-state index contributed by atoms with van der Waals surface area (Å²) in [7, 11) is 1.65. The molecule has 5 unspecified atom stereocenters. The van der Waals surface area contributed by atoms with E-state index >= 15 is 0 Å². The summed E-state index contributed by atoms with van der Waals surface area (Å²) in [6, 6.07) is 0. The van der Waals surface area contributed by atoms with Gasteiger partial charge in [0.25, 0.3) is 0 Å². The van der Waals surface area contributed by atoms with Crippen LogP contribution in [0.3, 0.4) is 0 Å². The first-order valence-electron chi connectivity index (χ1n) is 6.62. The second-order valence-corrected chi connectivity index (χ2v) is 5.17. The zero-order chi connectivity index (χ0) is 11.5. The van der Waals surface area contributed by atoms with Gasteiger partial charge in [-0.2, -0.15) is 0 Å². The third-order valence-electron chi connectivity index (χ3n) is 4.20. The van der Waals surface area contributed by atoms with Gasteiger partial charge >= 0.3 is 0 Å². The fraction of sp³-hybridized carbons (Fsp3) is 1.00. The molecule has 0 amide bonds. The Morgan fingerprint density at radius 1 is 1.19 bits per heavy atom. The molecule has 0 bridgehead atoms. The number of aliphatic hydroxyl groups excluding tert-OH is 1. The molecule has 3 heteroatoms. The topological polar surface area (TPSA) is 38.7 Å². The van der Waals surface area contributed by atoms with Gasteiger partial charge in [0.05, 0.1) is 18.3 Å². The molecule has 2 fully saturated rings. The second-order valence-electron chi connectivity index (χ2n) is 5.17. The first-order valence-corrected chi connectivity index (χ1v) is 6.62. The minimum atomic E-state index is -0.321. The van der Waals surface area contributed by atoms with Crippen molar-refractivity contribution in [2.24, 2.45) is 5.92 Å². The Labute approximate surface area is 98.1 Å². The summed E-state index contributed by atoms with van der Waals surface area (Å²) < 4.78 is 11.4. The minimum Gasteiger partial charge on any atom is -0.390 e. The third kappa shape index (κ3) is 2.41. The number of ether oxygens (including phenoxy) is 2. The van der Waals surface area contributed by atoms with Crippen molar-refractivity contribution in [3.05, 3.63) is 0 Å². The van der Waals surface area contributed by atoms with E-state index in [9.17, 15) is 5.11 Å². The zero-order valence-corrected chi connectivity index (χ0v) is 10.4. The van der Waals surface area contributed by atoms with Gasteiger partial charge in [-0.15, -0.1) is 0 Å². The van der Waals surface area contributed by atoms with Gasteiger partial charge < -0.3 is 14.6 Å². The van der Waals surface area contributed by atoms with Gasteiger partial charge in [0.1, 0.15) is 6.10 Å². The minimum absolute atomic E-state index is 0.0977. The fourth-order valence-corrected chi connectivity index (χ4v) is 3.04. The van der Waals surface area contributed by atoms with E-state index in [1.54, 1.807) is 7.11 Å². The molecule has 5 atom stereocenters. The highest BCUT2D eigenvalue weighted by atomic mass is 16.6. The maximum absolute atomic E-state index is 9.53. The molecule has 0 aromatic carbocycles. The monoisotopic (exact) mass is 228 g/mol. The molecule has 2 saturated carbocycles. The van der Waals surface area contributed by atoms with Crippen LogP contribution in [0.1, 0.15) is 45.4 Å². The fourth-order valence-electron chi connectivity index (χ4n) is 3.04. The molecule has 0 saturated heterocycles. The lowest BCUT2D eigenvalue weighted by Gasteiger charge is -2.44. The van der Waals surface area contributed by atoms with E-state index in [2.05, 4.69) is 6.92 Å². The van der Waals surface area contributed by atoms with E-state index < -0.39 is 0 Å². The van der Waals surface area contributed by atoms with Crippen LogP contribution in [-0.2, 0) is 9.47 Å². The average Bonchev–Trinajstić information content (AvgIpc) is 2.29. The number of aliphatic hydroxyl groups is 1. The molecule has 0 aromatic rings. The molecule has 0 spiro atoms. The summed E-state index contributed by atoms with van der Waals surface area (Å²) in [5, 5.41) is 9.53. The van der Waals surface area contributed by atoms with E-state index in [1.165, 1.54) is 32.1 Å². The van der Waals surface area contributed by atoms with Crippen LogP contribution in [0.4, 0.5) is 0 Å². The predicted octanol–water partition coefficient (Wildman–Crippen LogP) is 2.12. The number of methoxy groups -OCH3 is 1. The maximum atomic E-state index is 9.53. The molecule has 1 N–H and O–H groups in total. The zero-order valence-electron chi connectivity index (χ0n) is 10.4. The Balaban J connectivity index is 1.83. The van der Waals surface area contributed by atoms with Gasteiger partial charge in [-0.1, -0.05) is 26.2 Å². The van der Waals surface area contributed by atoms with E-state index in [-0.39, 0.29) is 18.3 Å². The SMILES string of the molecule is CCC1CCCCC1OC1CC(O)C1OC. The van der Waals surface area contributed by atoms with Crippen molar-refractivity contribution in [3.8, 4) is 0 Å². The van der Waals surface area contributed by atoms with Crippen LogP contribution in [0.5, 0.6) is 0 Å². The molecule has 3 nitrogen and oxygen atoms in total. The lowest BCUT2D eigenvalue weighted by molar-refractivity contribution is -0.209. The number of rotatable bonds is 4. The van der Waals surface area contributed by atoms with Crippen LogP contribution >= 0.6 is 0 Å². The molecule has 0 radical (unpaired) electrons. The molecule has 2 aliphatic rings. The Kier molecular flexibility index (Phi) is 4.22. The van der Waals surface area contributed by atoms with Crippen molar-refractivity contribution in [3.63, 3.8) is 0 Å². The Bertz CT molecular complexity index is 219. The van der Waals surface area contributed by atoms with Crippen LogP contribution in [-0.4, -0.2) is 36.6 Å². The molecular weight excluding hydrogens is 204 g/mol. The largest absolute Gasteiger partial charge is 0.390 e. The van der Waals surface area contributed by atoms with Gasteiger partial charge in [-0.3, -0.25) is 0 Å². The van der Waals surface area contributed by atoms with Crippen molar-refractivity contribution in [1.82, 2.24) is 0 Å². The van der Waals surface area contributed by atoms with Crippen LogP contribution in [0.25, 0.3) is 0 Å². The third-order valence-corrected chi connectivity index (χ3v) is 4.20. The Morgan fingerprint density at radius 2 is 1.94 bits per heavy atom. The van der Waals surface area contributed by atoms with Gasteiger partial charge in [-0.25, -0.2) is 0 Å². The van der Waals surface area contributed by atoms with Crippen LogP contribution in [0.2, 0.25) is 0 Å². The summed E-state index contributed by atoms with van der Waals surface area (Å²) in [5.74, 6) is 0.712. The lowest BCUT2D eigenvalue weighted by Crippen LogP contribution is -2.55. The summed E-state index contributed by atoms with van der Waals surface area (Å²) in [4.78, 5) is 0. The van der Waals surface area contributed by atoms with E-state index in [0.717, 1.165) is 6.42 Å². The highest BCUT2D eigenvalue weighted by Crippen LogP contribution is 2.34. The molecule has 94 valence electrons. The second kappa shape index (κ2) is 5.48. The lowest BCUT2D eigenvalue weighted by atomic mass is 9.83. The van der Waals surface area contributed by atoms with E-state index in [4.69, 9.17) is 9.47 Å². The summed E-state index contributed by atoms with van der Waals surface area (Å²) in [6.45, 7) is 2.25. The molecule has 2 aliphatic carbocycles. The first-order chi connectivity index (χ1) is 7.76. The average molecular weight is 228 g/mol. The highest BCUT2D eigenvalue weighted by molar-refractivity contribution is 4.93. The molecule has 16 heavy (non-hydrogen) atoms. The smallest absolute Gasteiger partial charge is 0.109 e. The van der Waals surface area contributed by atoms with E-state index in [0.29, 0.717) is 12.0 Å². The molecular formula is C13H24O3.